The lowest BCUT2D eigenvalue weighted by molar-refractivity contribution is 0.0635. The Morgan fingerprint density at radius 2 is 1.70 bits per heavy atom. The zero-order valence-electron chi connectivity index (χ0n) is 22.9. The van der Waals surface area contributed by atoms with Crippen LogP contribution in [0.5, 0.6) is 5.75 Å². The van der Waals surface area contributed by atoms with Crippen LogP contribution in [-0.4, -0.2) is 32.3 Å². The summed E-state index contributed by atoms with van der Waals surface area (Å²) < 4.78 is 13.0. The van der Waals surface area contributed by atoms with Crippen LogP contribution in [0.4, 0.5) is 10.5 Å². The summed E-state index contributed by atoms with van der Waals surface area (Å²) in [4.78, 5) is 28.0. The summed E-state index contributed by atoms with van der Waals surface area (Å²) in [5.41, 5.74) is 4.63. The number of hydrogen-bond donors (Lipinski definition) is 1. The maximum atomic E-state index is 14.1. The Labute approximate surface area is 238 Å². The molecule has 2 heterocycles. The number of aryl methyl sites for hydroxylation is 1. The second-order valence-electron chi connectivity index (χ2n) is 10.7. The molecule has 3 aromatic carbocycles. The van der Waals surface area contributed by atoms with E-state index in [0.29, 0.717) is 35.2 Å². The Bertz CT molecular complexity index is 1540. The van der Waals surface area contributed by atoms with E-state index in [-0.39, 0.29) is 12.5 Å². The molecule has 1 aromatic heterocycles. The van der Waals surface area contributed by atoms with Gasteiger partial charge in [0, 0.05) is 42.0 Å². The van der Waals surface area contributed by atoms with Crippen molar-refractivity contribution >= 4 is 29.3 Å². The molecule has 1 aliphatic rings. The first-order valence-electron chi connectivity index (χ1n) is 13.0. The van der Waals surface area contributed by atoms with Crippen molar-refractivity contribution in [1.82, 2.24) is 14.7 Å². The van der Waals surface area contributed by atoms with Crippen LogP contribution in [0.25, 0.3) is 11.3 Å². The van der Waals surface area contributed by atoms with Crippen molar-refractivity contribution in [2.75, 3.05) is 5.32 Å². The standard InChI is InChI=1S/C31H31ClN4O4/c1-31(2,3)40-30(38)33-23-13-10-21(11-14-23)18-36(17-20-8-6-5-7-9-20)29(37)27-25-19-39-26-15-12-22(32)16-24(26)28(25)35(4)34-27/h5-16H,17-19H2,1-4H3,(H,33,38). The average molecular weight is 559 g/mol. The summed E-state index contributed by atoms with van der Waals surface area (Å²) in [5.74, 6) is 0.505. The first-order chi connectivity index (χ1) is 19.1. The smallest absolute Gasteiger partial charge is 0.412 e. The molecule has 0 saturated carbocycles. The molecule has 0 saturated heterocycles. The number of hydrogen-bond acceptors (Lipinski definition) is 5. The van der Waals surface area contributed by atoms with Crippen molar-refractivity contribution < 1.29 is 19.1 Å². The molecule has 0 radical (unpaired) electrons. The van der Waals surface area contributed by atoms with Gasteiger partial charge in [-0.3, -0.25) is 14.8 Å². The lowest BCUT2D eigenvalue weighted by Crippen LogP contribution is -2.31. The van der Waals surface area contributed by atoms with Crippen LogP contribution in [-0.2, 0) is 31.5 Å². The molecule has 0 atom stereocenters. The predicted octanol–water partition coefficient (Wildman–Crippen LogP) is 6.82. The quantitative estimate of drug-likeness (QED) is 0.280. The summed E-state index contributed by atoms with van der Waals surface area (Å²) in [6.45, 7) is 6.41. The second kappa shape index (κ2) is 11.1. The van der Waals surface area contributed by atoms with E-state index in [1.54, 1.807) is 27.8 Å². The molecule has 9 heteroatoms. The van der Waals surface area contributed by atoms with Crippen molar-refractivity contribution in [3.8, 4) is 17.0 Å². The fourth-order valence-electron chi connectivity index (χ4n) is 4.66. The molecule has 8 nitrogen and oxygen atoms in total. The van der Waals surface area contributed by atoms with Gasteiger partial charge in [0.25, 0.3) is 5.91 Å². The van der Waals surface area contributed by atoms with Gasteiger partial charge in [-0.25, -0.2) is 4.79 Å². The van der Waals surface area contributed by atoms with Crippen LogP contribution in [0.15, 0.2) is 72.8 Å². The van der Waals surface area contributed by atoms with Gasteiger partial charge >= 0.3 is 6.09 Å². The zero-order valence-corrected chi connectivity index (χ0v) is 23.7. The summed E-state index contributed by atoms with van der Waals surface area (Å²) in [6.07, 6.45) is -0.522. The molecule has 5 rings (SSSR count). The van der Waals surface area contributed by atoms with Crippen molar-refractivity contribution in [2.24, 2.45) is 7.05 Å². The average Bonchev–Trinajstić information content (AvgIpc) is 3.25. The van der Waals surface area contributed by atoms with E-state index in [1.165, 1.54) is 0 Å². The van der Waals surface area contributed by atoms with Gasteiger partial charge < -0.3 is 14.4 Å². The van der Waals surface area contributed by atoms with Crippen LogP contribution in [0.3, 0.4) is 0 Å². The minimum absolute atomic E-state index is 0.203. The number of carbonyl (C=O) groups excluding carboxylic acids is 2. The molecule has 0 aliphatic carbocycles. The van der Waals surface area contributed by atoms with E-state index in [0.717, 1.165) is 27.9 Å². The molecule has 206 valence electrons. The predicted molar refractivity (Wildman–Crippen MR) is 154 cm³/mol. The first kappa shape index (κ1) is 27.3. The highest BCUT2D eigenvalue weighted by atomic mass is 35.5. The minimum Gasteiger partial charge on any atom is -0.488 e. The number of carbonyl (C=O) groups is 2. The van der Waals surface area contributed by atoms with Crippen LogP contribution in [0.1, 0.15) is 48.0 Å². The Balaban J connectivity index is 1.42. The number of ether oxygens (including phenoxy) is 2. The van der Waals surface area contributed by atoms with E-state index in [1.807, 2.05) is 82.4 Å². The normalized spacial score (nSPS) is 12.1. The van der Waals surface area contributed by atoms with Crippen molar-refractivity contribution in [3.63, 3.8) is 0 Å². The van der Waals surface area contributed by atoms with Crippen molar-refractivity contribution in [3.05, 3.63) is 100 Å². The van der Waals surface area contributed by atoms with E-state index in [2.05, 4.69) is 10.4 Å². The molecular weight excluding hydrogens is 528 g/mol. The fourth-order valence-corrected chi connectivity index (χ4v) is 4.84. The third kappa shape index (κ3) is 6.13. The summed E-state index contributed by atoms with van der Waals surface area (Å²) in [7, 11) is 1.82. The van der Waals surface area contributed by atoms with Gasteiger partial charge in [0.05, 0.1) is 5.69 Å². The van der Waals surface area contributed by atoms with Gasteiger partial charge in [-0.1, -0.05) is 54.1 Å². The summed E-state index contributed by atoms with van der Waals surface area (Å²) in [5, 5.41) is 7.96. The molecule has 4 aromatic rings. The number of benzene rings is 3. The number of fused-ring (bicyclic) bond motifs is 3. The lowest BCUT2D eigenvalue weighted by atomic mass is 10.0. The maximum absolute atomic E-state index is 14.1. The highest BCUT2D eigenvalue weighted by molar-refractivity contribution is 6.31. The Morgan fingerprint density at radius 1 is 1.02 bits per heavy atom. The summed E-state index contributed by atoms with van der Waals surface area (Å²) >= 11 is 6.27. The van der Waals surface area contributed by atoms with Crippen LogP contribution >= 0.6 is 11.6 Å². The zero-order chi connectivity index (χ0) is 28.4. The maximum Gasteiger partial charge on any atom is 0.412 e. The van der Waals surface area contributed by atoms with Crippen LogP contribution in [0.2, 0.25) is 5.02 Å². The molecule has 1 aliphatic heterocycles. The van der Waals surface area contributed by atoms with E-state index in [9.17, 15) is 9.59 Å². The van der Waals surface area contributed by atoms with Gasteiger partial charge in [0.2, 0.25) is 0 Å². The van der Waals surface area contributed by atoms with Gasteiger partial charge in [-0.15, -0.1) is 0 Å². The largest absolute Gasteiger partial charge is 0.488 e. The third-order valence-electron chi connectivity index (χ3n) is 6.39. The molecular formula is C31H31ClN4O4. The second-order valence-corrected chi connectivity index (χ2v) is 11.1. The molecule has 0 bridgehead atoms. The molecule has 0 fully saturated rings. The van der Waals surface area contributed by atoms with Crippen molar-refractivity contribution in [2.45, 2.75) is 46.1 Å². The van der Waals surface area contributed by atoms with Gasteiger partial charge in [0.15, 0.2) is 5.69 Å². The number of amides is 2. The number of rotatable bonds is 6. The number of aromatic nitrogens is 2. The van der Waals surface area contributed by atoms with E-state index >= 15 is 0 Å². The molecule has 1 N–H and O–H groups in total. The molecule has 2 amide bonds. The van der Waals surface area contributed by atoms with Gasteiger partial charge in [0.1, 0.15) is 18.0 Å². The molecule has 0 spiro atoms. The van der Waals surface area contributed by atoms with Crippen molar-refractivity contribution in [1.29, 1.82) is 0 Å². The van der Waals surface area contributed by atoms with Crippen LogP contribution < -0.4 is 10.1 Å². The van der Waals surface area contributed by atoms with Gasteiger partial charge in [-0.2, -0.15) is 5.10 Å². The Morgan fingerprint density at radius 3 is 2.38 bits per heavy atom. The number of nitrogens with zero attached hydrogens (tertiary/aromatic N) is 3. The highest BCUT2D eigenvalue weighted by Gasteiger charge is 2.31. The first-order valence-corrected chi connectivity index (χ1v) is 13.4. The van der Waals surface area contributed by atoms with Crippen LogP contribution in [0, 0.1) is 0 Å². The minimum atomic E-state index is -0.591. The Kier molecular flexibility index (Phi) is 7.54. The summed E-state index contributed by atoms with van der Waals surface area (Å²) in [6, 6.07) is 22.6. The monoisotopic (exact) mass is 558 g/mol. The van der Waals surface area contributed by atoms with E-state index in [4.69, 9.17) is 21.1 Å². The number of nitrogens with one attached hydrogen (secondary N) is 1. The third-order valence-corrected chi connectivity index (χ3v) is 6.63. The topological polar surface area (TPSA) is 85.7 Å². The SMILES string of the molecule is Cn1nc(C(=O)N(Cc2ccccc2)Cc2ccc(NC(=O)OC(C)(C)C)cc2)c2c1-c1cc(Cl)ccc1OC2. The van der Waals surface area contributed by atoms with E-state index < -0.39 is 11.7 Å². The highest BCUT2D eigenvalue weighted by Crippen LogP contribution is 2.40. The number of anilines is 1. The molecule has 40 heavy (non-hydrogen) atoms. The Hall–Kier alpha value is -4.30. The molecule has 0 unspecified atom stereocenters. The number of halogens is 1. The lowest BCUT2D eigenvalue weighted by Gasteiger charge is -2.24. The fraction of sp³-hybridized carbons (Fsp3) is 0.258. The van der Waals surface area contributed by atoms with Gasteiger partial charge in [-0.05, 0) is 62.2 Å².